The number of rotatable bonds is 30. The summed E-state index contributed by atoms with van der Waals surface area (Å²) in [4.78, 5) is 20.6. The van der Waals surface area contributed by atoms with Crippen LogP contribution in [-0.4, -0.2) is 57.8 Å². The third kappa shape index (κ3) is 40.8. The van der Waals surface area contributed by atoms with Gasteiger partial charge in [-0.1, -0.05) is 168 Å². The molecule has 0 aliphatic carbocycles. The van der Waals surface area contributed by atoms with Crippen LogP contribution in [-0.2, 0) is 14.3 Å². The van der Waals surface area contributed by atoms with Crippen LogP contribution in [0.4, 0.5) is 0 Å². The van der Waals surface area contributed by atoms with Crippen LogP contribution in [0.3, 0.4) is 0 Å². The number of ether oxygens (including phenoxy) is 1. The van der Waals surface area contributed by atoms with Gasteiger partial charge in [0.25, 0.3) is 0 Å². The Hall–Kier alpha value is -1.18. The molecule has 2 unspecified atom stereocenters. The summed E-state index contributed by atoms with van der Waals surface area (Å²) >= 11 is 0. The summed E-state index contributed by atoms with van der Waals surface area (Å²) in [5.74, 6) is -1.31. The minimum absolute atomic E-state index is 0.0258. The van der Waals surface area contributed by atoms with Gasteiger partial charge in [-0.25, -0.2) is 0 Å². The summed E-state index contributed by atoms with van der Waals surface area (Å²) in [5.41, 5.74) is 0. The first-order valence-electron chi connectivity index (χ1n) is 19.2. The Morgan fingerprint density at radius 3 is 0.844 bits per heavy atom. The lowest BCUT2D eigenvalue weighted by molar-refractivity contribution is -0.138. The lowest BCUT2D eigenvalue weighted by atomic mass is 10.0. The number of hydrogen-bond acceptors (Lipinski definition) is 5. The number of hydrogen-bond donors (Lipinski definition) is 4. The predicted molar refractivity (Wildman–Crippen MR) is 188 cm³/mol. The summed E-state index contributed by atoms with van der Waals surface area (Å²) in [5, 5.41) is 34.1. The van der Waals surface area contributed by atoms with Gasteiger partial charge in [0, 0.05) is 12.8 Å². The van der Waals surface area contributed by atoms with E-state index >= 15 is 0 Å². The zero-order valence-corrected chi connectivity index (χ0v) is 29.8. The first-order valence-corrected chi connectivity index (χ1v) is 19.2. The van der Waals surface area contributed by atoms with Crippen molar-refractivity contribution < 1.29 is 34.8 Å². The smallest absolute Gasteiger partial charge is 0.303 e. The molecule has 1 aliphatic rings. The molecule has 0 aromatic rings. The number of carboxylic acid groups (broad SMARTS) is 2. The highest BCUT2D eigenvalue weighted by Crippen LogP contribution is 2.18. The highest BCUT2D eigenvalue weighted by atomic mass is 16.5. The highest BCUT2D eigenvalue weighted by Gasteiger charge is 2.23. The topological polar surface area (TPSA) is 124 Å². The van der Waals surface area contributed by atoms with Crippen molar-refractivity contribution in [3.05, 3.63) is 0 Å². The maximum absolute atomic E-state index is 10.3. The Kier molecular flexibility index (Phi) is 39.8. The van der Waals surface area contributed by atoms with Crippen molar-refractivity contribution >= 4 is 11.9 Å². The van der Waals surface area contributed by atoms with E-state index in [1.807, 2.05) is 0 Å². The van der Waals surface area contributed by atoms with Crippen LogP contribution in [0.2, 0.25) is 0 Å². The first-order chi connectivity index (χ1) is 21.9. The van der Waals surface area contributed by atoms with E-state index in [2.05, 4.69) is 13.8 Å². The summed E-state index contributed by atoms with van der Waals surface area (Å²) in [6, 6.07) is 0. The Labute approximate surface area is 278 Å². The molecule has 1 fully saturated rings. The van der Waals surface area contributed by atoms with Crippen molar-refractivity contribution in [2.75, 3.05) is 13.2 Å². The average molecular weight is 645 g/mol. The summed E-state index contributed by atoms with van der Waals surface area (Å²) in [6.45, 7) is 4.68. The third-order valence-electron chi connectivity index (χ3n) is 8.59. The van der Waals surface area contributed by atoms with Gasteiger partial charge in [-0.2, -0.15) is 0 Å². The molecule has 7 nitrogen and oxygen atoms in total. The molecule has 45 heavy (non-hydrogen) atoms. The van der Waals surface area contributed by atoms with E-state index in [1.54, 1.807) is 0 Å². The van der Waals surface area contributed by atoms with Crippen molar-refractivity contribution in [2.45, 2.75) is 219 Å². The molecule has 0 spiro atoms. The molecule has 1 aliphatic heterocycles. The molecule has 0 amide bonds. The van der Waals surface area contributed by atoms with Crippen LogP contribution in [0.15, 0.2) is 0 Å². The Morgan fingerprint density at radius 1 is 0.444 bits per heavy atom. The van der Waals surface area contributed by atoms with E-state index < -0.39 is 11.9 Å². The lowest BCUT2D eigenvalue weighted by Gasteiger charge is -2.07. The normalized spacial score (nSPS) is 15.6. The number of aliphatic hydroxyl groups is 2. The fourth-order valence-electron chi connectivity index (χ4n) is 5.64. The van der Waals surface area contributed by atoms with Gasteiger partial charge in [0.15, 0.2) is 0 Å². The molecule has 7 heteroatoms. The Balaban J connectivity index is 0. The van der Waals surface area contributed by atoms with Gasteiger partial charge in [-0.05, 0) is 25.7 Å². The van der Waals surface area contributed by atoms with Crippen LogP contribution >= 0.6 is 0 Å². The fraction of sp³-hybridized carbons (Fsp3) is 0.947. The fourth-order valence-corrected chi connectivity index (χ4v) is 5.64. The molecule has 4 N–H and O–H groups in total. The average Bonchev–Trinajstić information content (AvgIpc) is 3.51. The van der Waals surface area contributed by atoms with E-state index in [1.165, 1.54) is 141 Å². The molecular weight excluding hydrogens is 568 g/mol. The molecule has 1 saturated heterocycles. The molecule has 1 rings (SSSR count). The molecule has 2 atom stereocenters. The SMILES string of the molecule is CCCCCCCCCCCCCCCC(=O)O.CCCCCCCCCCCCCCCC(=O)O.OCC1CCC(CO)O1. The molecule has 0 aromatic heterocycles. The first kappa shape index (κ1) is 45.9. The second kappa shape index (κ2) is 39.0. The summed E-state index contributed by atoms with van der Waals surface area (Å²) < 4.78 is 5.16. The van der Waals surface area contributed by atoms with Crippen molar-refractivity contribution in [3.8, 4) is 0 Å². The Bertz CT molecular complexity index is 549. The second-order valence-corrected chi connectivity index (χ2v) is 13.1. The van der Waals surface area contributed by atoms with Crippen molar-refractivity contribution in [1.29, 1.82) is 0 Å². The number of aliphatic hydroxyl groups excluding tert-OH is 2. The molecule has 270 valence electrons. The zero-order valence-electron chi connectivity index (χ0n) is 29.8. The Morgan fingerprint density at radius 2 is 0.667 bits per heavy atom. The number of unbranched alkanes of at least 4 members (excludes halogenated alkanes) is 24. The van der Waals surface area contributed by atoms with Crippen molar-refractivity contribution in [1.82, 2.24) is 0 Å². The van der Waals surface area contributed by atoms with Crippen LogP contribution in [0.1, 0.15) is 206 Å². The molecule has 0 radical (unpaired) electrons. The molecular formula is C38H76O7. The summed E-state index contributed by atoms with van der Waals surface area (Å²) in [6.07, 6.45) is 36.2. The van der Waals surface area contributed by atoms with Gasteiger partial charge >= 0.3 is 11.9 Å². The van der Waals surface area contributed by atoms with Crippen molar-refractivity contribution in [2.24, 2.45) is 0 Å². The van der Waals surface area contributed by atoms with Crippen molar-refractivity contribution in [3.63, 3.8) is 0 Å². The van der Waals surface area contributed by atoms with Gasteiger partial charge in [-0.3, -0.25) is 9.59 Å². The van der Waals surface area contributed by atoms with E-state index in [0.717, 1.165) is 38.5 Å². The zero-order chi connectivity index (χ0) is 33.6. The van der Waals surface area contributed by atoms with E-state index in [4.69, 9.17) is 25.2 Å². The molecule has 0 aromatic carbocycles. The summed E-state index contributed by atoms with van der Waals surface area (Å²) in [7, 11) is 0. The second-order valence-electron chi connectivity index (χ2n) is 13.1. The third-order valence-corrected chi connectivity index (χ3v) is 8.59. The predicted octanol–water partition coefficient (Wildman–Crippen LogP) is 10.6. The van der Waals surface area contributed by atoms with Gasteiger partial charge < -0.3 is 25.2 Å². The molecule has 0 saturated carbocycles. The van der Waals surface area contributed by atoms with Crippen LogP contribution in [0.5, 0.6) is 0 Å². The van der Waals surface area contributed by atoms with Gasteiger partial charge in [0.1, 0.15) is 0 Å². The highest BCUT2D eigenvalue weighted by molar-refractivity contribution is 5.66. The van der Waals surface area contributed by atoms with Crippen LogP contribution in [0, 0.1) is 0 Å². The quantitative estimate of drug-likeness (QED) is 0.0573. The standard InChI is InChI=1S/2C16H32O2.C6H12O3/c2*1-2-3-4-5-6-7-8-9-10-11-12-13-14-15-16(17)18;7-3-5-1-2-6(4-8)9-5/h2*2-15H2,1H3,(H,17,18);5-8H,1-4H2. The monoisotopic (exact) mass is 645 g/mol. The number of aliphatic carboxylic acids is 2. The number of carbonyl (C=O) groups is 2. The molecule has 1 heterocycles. The van der Waals surface area contributed by atoms with Gasteiger partial charge in [0.2, 0.25) is 0 Å². The minimum atomic E-state index is -0.655. The largest absolute Gasteiger partial charge is 0.481 e. The van der Waals surface area contributed by atoms with Crippen LogP contribution < -0.4 is 0 Å². The van der Waals surface area contributed by atoms with Gasteiger partial charge in [0.05, 0.1) is 25.4 Å². The minimum Gasteiger partial charge on any atom is -0.481 e. The van der Waals surface area contributed by atoms with E-state index in [-0.39, 0.29) is 25.4 Å². The van der Waals surface area contributed by atoms with E-state index in [0.29, 0.717) is 12.8 Å². The lowest BCUT2D eigenvalue weighted by Crippen LogP contribution is -2.16. The van der Waals surface area contributed by atoms with Gasteiger partial charge in [-0.15, -0.1) is 0 Å². The number of carboxylic acids is 2. The van der Waals surface area contributed by atoms with Crippen LogP contribution in [0.25, 0.3) is 0 Å². The molecule has 0 bridgehead atoms. The maximum atomic E-state index is 10.3. The van der Waals surface area contributed by atoms with E-state index in [9.17, 15) is 9.59 Å². The maximum Gasteiger partial charge on any atom is 0.303 e.